The van der Waals surface area contributed by atoms with Gasteiger partial charge in [0.25, 0.3) is 0 Å². The fraction of sp³-hybridized carbons (Fsp3) is 0.600. The summed E-state index contributed by atoms with van der Waals surface area (Å²) in [6, 6.07) is 0. The number of hydrogen-bond acceptors (Lipinski definition) is 2. The summed E-state index contributed by atoms with van der Waals surface area (Å²) in [4.78, 5) is 15.0. The zero-order valence-electron chi connectivity index (χ0n) is 7.86. The van der Waals surface area contributed by atoms with Crippen molar-refractivity contribution in [1.29, 1.82) is 0 Å². The number of aryl methyl sites for hydroxylation is 2. The molecule has 0 saturated heterocycles. The molecule has 0 N–H and O–H groups in total. The predicted molar refractivity (Wildman–Crippen MR) is 49.5 cm³/mol. The number of rotatable bonds is 2. The summed E-state index contributed by atoms with van der Waals surface area (Å²) in [5.74, 6) is 1.31. The Bertz CT molecular complexity index is 303. The molecule has 2 heterocycles. The van der Waals surface area contributed by atoms with Crippen LogP contribution in [0.5, 0.6) is 0 Å². The van der Waals surface area contributed by atoms with Crippen LogP contribution >= 0.6 is 0 Å². The Labute approximate surface area is 77.8 Å². The molecule has 0 bridgehead atoms. The van der Waals surface area contributed by atoms with E-state index in [-0.39, 0.29) is 5.92 Å². The van der Waals surface area contributed by atoms with Gasteiger partial charge in [-0.05, 0) is 12.8 Å². The summed E-state index contributed by atoms with van der Waals surface area (Å²) >= 11 is 0. The fourth-order valence-electron chi connectivity index (χ4n) is 1.93. The van der Waals surface area contributed by atoms with Crippen molar-refractivity contribution in [3.63, 3.8) is 0 Å². The van der Waals surface area contributed by atoms with Crippen LogP contribution in [0.15, 0.2) is 6.20 Å². The average Bonchev–Trinajstić information content (AvgIpc) is 2.59. The van der Waals surface area contributed by atoms with Crippen LogP contribution in [0.25, 0.3) is 0 Å². The van der Waals surface area contributed by atoms with Gasteiger partial charge in [-0.15, -0.1) is 0 Å². The lowest BCUT2D eigenvalue weighted by Gasteiger charge is -2.21. The van der Waals surface area contributed by atoms with Crippen LogP contribution in [0.1, 0.15) is 24.9 Å². The lowest BCUT2D eigenvalue weighted by atomic mass is 10.00. The molecule has 1 aliphatic rings. The summed E-state index contributed by atoms with van der Waals surface area (Å²) in [5.41, 5.74) is 1.29. The molecule has 2 rings (SSSR count). The minimum absolute atomic E-state index is 0.201. The van der Waals surface area contributed by atoms with Crippen molar-refractivity contribution in [3.8, 4) is 0 Å². The van der Waals surface area contributed by atoms with Gasteiger partial charge in [0.1, 0.15) is 12.1 Å². The lowest BCUT2D eigenvalue weighted by Crippen LogP contribution is -2.22. The van der Waals surface area contributed by atoms with Gasteiger partial charge in [-0.2, -0.15) is 0 Å². The minimum atomic E-state index is 0.201. The highest BCUT2D eigenvalue weighted by Crippen LogP contribution is 2.20. The number of imidazole rings is 1. The van der Waals surface area contributed by atoms with Gasteiger partial charge in [0.05, 0.1) is 0 Å². The molecule has 70 valence electrons. The van der Waals surface area contributed by atoms with Crippen molar-refractivity contribution < 1.29 is 4.79 Å². The molecule has 0 aliphatic carbocycles. The first-order chi connectivity index (χ1) is 6.35. The van der Waals surface area contributed by atoms with Crippen molar-refractivity contribution >= 4 is 6.29 Å². The summed E-state index contributed by atoms with van der Waals surface area (Å²) in [6.45, 7) is 2.93. The first-order valence-corrected chi connectivity index (χ1v) is 4.83. The maximum atomic E-state index is 10.7. The molecule has 0 aromatic carbocycles. The standard InChI is InChI=1S/C10H14N2O/c1-2-10-11-5-9-4-3-8(7-13)6-12(9)10/h5,7-8H,2-4,6H2,1H3. The van der Waals surface area contributed by atoms with Gasteiger partial charge in [-0.3, -0.25) is 0 Å². The molecule has 3 nitrogen and oxygen atoms in total. The molecule has 0 fully saturated rings. The lowest BCUT2D eigenvalue weighted by molar-refractivity contribution is -0.111. The number of hydrogen-bond donors (Lipinski definition) is 0. The molecule has 3 heteroatoms. The van der Waals surface area contributed by atoms with Crippen LogP contribution in [0, 0.1) is 5.92 Å². The summed E-state index contributed by atoms with van der Waals surface area (Å²) < 4.78 is 2.20. The van der Waals surface area contributed by atoms with Gasteiger partial charge >= 0.3 is 0 Å². The molecule has 13 heavy (non-hydrogen) atoms. The molecule has 1 aromatic rings. The Hall–Kier alpha value is -1.12. The van der Waals surface area contributed by atoms with Gasteiger partial charge < -0.3 is 9.36 Å². The van der Waals surface area contributed by atoms with E-state index < -0.39 is 0 Å². The van der Waals surface area contributed by atoms with E-state index >= 15 is 0 Å². The summed E-state index contributed by atoms with van der Waals surface area (Å²) in [6.07, 6.45) is 5.95. The molecule has 1 atom stereocenters. The van der Waals surface area contributed by atoms with Crippen LogP contribution < -0.4 is 0 Å². The van der Waals surface area contributed by atoms with E-state index in [4.69, 9.17) is 0 Å². The van der Waals surface area contributed by atoms with E-state index in [9.17, 15) is 4.79 Å². The van der Waals surface area contributed by atoms with Crippen LogP contribution in [0.4, 0.5) is 0 Å². The first kappa shape index (κ1) is 8.48. The normalized spacial score (nSPS) is 21.2. The Morgan fingerprint density at radius 3 is 3.31 bits per heavy atom. The van der Waals surface area contributed by atoms with Crippen molar-refractivity contribution in [2.24, 2.45) is 5.92 Å². The SMILES string of the molecule is CCc1ncc2n1CC(C=O)CC2. The Morgan fingerprint density at radius 2 is 2.62 bits per heavy atom. The van der Waals surface area contributed by atoms with Gasteiger partial charge in [0, 0.05) is 30.8 Å². The minimum Gasteiger partial charge on any atom is -0.331 e. The van der Waals surface area contributed by atoms with Gasteiger partial charge in [0.15, 0.2) is 0 Å². The van der Waals surface area contributed by atoms with Crippen molar-refractivity contribution in [2.45, 2.75) is 32.7 Å². The summed E-state index contributed by atoms with van der Waals surface area (Å²) in [7, 11) is 0. The second-order valence-corrected chi connectivity index (χ2v) is 3.56. The van der Waals surface area contributed by atoms with Gasteiger partial charge in [-0.25, -0.2) is 4.98 Å². The number of aromatic nitrogens is 2. The highest BCUT2D eigenvalue weighted by atomic mass is 16.1. The Kier molecular flexibility index (Phi) is 2.17. The zero-order valence-corrected chi connectivity index (χ0v) is 7.86. The fourth-order valence-corrected chi connectivity index (χ4v) is 1.93. The molecule has 1 aliphatic heterocycles. The first-order valence-electron chi connectivity index (χ1n) is 4.83. The number of fused-ring (bicyclic) bond motifs is 1. The molecule has 0 spiro atoms. The van der Waals surface area contributed by atoms with Crippen molar-refractivity contribution in [1.82, 2.24) is 9.55 Å². The molecule has 0 radical (unpaired) electrons. The maximum Gasteiger partial charge on any atom is 0.124 e. The molecular weight excluding hydrogens is 164 g/mol. The molecule has 1 aromatic heterocycles. The van der Waals surface area contributed by atoms with Crippen molar-refractivity contribution in [3.05, 3.63) is 17.7 Å². The highest BCUT2D eigenvalue weighted by molar-refractivity contribution is 5.53. The van der Waals surface area contributed by atoms with E-state index in [0.717, 1.165) is 37.9 Å². The quantitative estimate of drug-likeness (QED) is 0.638. The van der Waals surface area contributed by atoms with E-state index in [1.807, 2.05) is 6.20 Å². The third kappa shape index (κ3) is 1.39. The third-order valence-electron chi connectivity index (χ3n) is 2.72. The Balaban J connectivity index is 2.30. The topological polar surface area (TPSA) is 34.9 Å². The van der Waals surface area contributed by atoms with E-state index in [1.165, 1.54) is 5.69 Å². The monoisotopic (exact) mass is 178 g/mol. The van der Waals surface area contributed by atoms with Gasteiger partial charge in [0.2, 0.25) is 0 Å². The van der Waals surface area contributed by atoms with Crippen molar-refractivity contribution in [2.75, 3.05) is 0 Å². The third-order valence-corrected chi connectivity index (χ3v) is 2.72. The largest absolute Gasteiger partial charge is 0.331 e. The van der Waals surface area contributed by atoms with Crippen LogP contribution in [0.3, 0.4) is 0 Å². The Morgan fingerprint density at radius 1 is 1.77 bits per heavy atom. The van der Waals surface area contributed by atoms with E-state index in [2.05, 4.69) is 16.5 Å². The number of aldehydes is 1. The highest BCUT2D eigenvalue weighted by Gasteiger charge is 2.19. The molecule has 1 unspecified atom stereocenters. The number of nitrogens with zero attached hydrogens (tertiary/aromatic N) is 2. The predicted octanol–water partition coefficient (Wildman–Crippen LogP) is 1.21. The smallest absolute Gasteiger partial charge is 0.124 e. The molecular formula is C10H14N2O. The van der Waals surface area contributed by atoms with E-state index in [1.54, 1.807) is 0 Å². The maximum absolute atomic E-state index is 10.7. The zero-order chi connectivity index (χ0) is 9.26. The second kappa shape index (κ2) is 3.32. The van der Waals surface area contributed by atoms with Crippen LogP contribution in [-0.2, 0) is 24.2 Å². The van der Waals surface area contributed by atoms with Gasteiger partial charge in [-0.1, -0.05) is 6.92 Å². The van der Waals surface area contributed by atoms with E-state index in [0.29, 0.717) is 0 Å². The molecule has 0 saturated carbocycles. The second-order valence-electron chi connectivity index (χ2n) is 3.56. The average molecular weight is 178 g/mol. The summed E-state index contributed by atoms with van der Waals surface area (Å²) in [5, 5.41) is 0. The molecule has 0 amide bonds. The van der Waals surface area contributed by atoms with Crippen LogP contribution in [-0.4, -0.2) is 15.8 Å². The number of carbonyl (C=O) groups excluding carboxylic acids is 1. The van der Waals surface area contributed by atoms with Crippen LogP contribution in [0.2, 0.25) is 0 Å². The number of carbonyl (C=O) groups is 1.